The number of benzene rings is 1. The topological polar surface area (TPSA) is 66.7 Å². The van der Waals surface area contributed by atoms with Crippen molar-refractivity contribution >= 4 is 11.7 Å². The van der Waals surface area contributed by atoms with Gasteiger partial charge in [0, 0.05) is 0 Å². The zero-order chi connectivity index (χ0) is 9.14. The highest BCUT2D eigenvalue weighted by molar-refractivity contribution is 5.93. The number of aromatic carboxylic acids is 1. The molecule has 4 nitrogen and oxygen atoms in total. The van der Waals surface area contributed by atoms with Crippen LogP contribution in [0, 0.1) is 11.8 Å². The maximum absolute atomic E-state index is 10.5. The number of aryl methyl sites for hydroxylation is 1. The Hall–Kier alpha value is -1.71. The first-order valence-corrected chi connectivity index (χ1v) is 3.32. The zero-order valence-corrected chi connectivity index (χ0v) is 6.44. The summed E-state index contributed by atoms with van der Waals surface area (Å²) in [4.78, 5) is 20.7. The lowest BCUT2D eigenvalue weighted by Gasteiger charge is -1.97. The molecular weight excluding hydrogens is 158 g/mol. The highest BCUT2D eigenvalue weighted by atomic mass is 16.4. The zero-order valence-electron chi connectivity index (χ0n) is 6.44. The van der Waals surface area contributed by atoms with E-state index in [0.29, 0.717) is 0 Å². The van der Waals surface area contributed by atoms with Gasteiger partial charge in [0.2, 0.25) is 0 Å². The first-order chi connectivity index (χ1) is 5.65. The number of carbonyl (C=O) groups is 1. The van der Waals surface area contributed by atoms with Crippen LogP contribution in [0.3, 0.4) is 0 Å². The van der Waals surface area contributed by atoms with E-state index in [9.17, 15) is 9.70 Å². The minimum atomic E-state index is -1.13. The second-order valence-electron chi connectivity index (χ2n) is 2.42. The fourth-order valence-electron chi connectivity index (χ4n) is 0.898. The summed E-state index contributed by atoms with van der Waals surface area (Å²) < 4.78 is 0. The minimum Gasteiger partial charge on any atom is -0.478 e. The van der Waals surface area contributed by atoms with Crippen LogP contribution in [0.15, 0.2) is 23.4 Å². The molecular formula is C8H7NO3. The average Bonchev–Trinajstić information content (AvgIpc) is 2.03. The van der Waals surface area contributed by atoms with Crippen molar-refractivity contribution in [2.75, 3.05) is 0 Å². The fourth-order valence-corrected chi connectivity index (χ4v) is 0.898. The lowest BCUT2D eigenvalue weighted by atomic mass is 10.1. The molecule has 0 bridgehead atoms. The van der Waals surface area contributed by atoms with E-state index in [1.807, 2.05) is 0 Å². The van der Waals surface area contributed by atoms with Crippen molar-refractivity contribution < 1.29 is 9.90 Å². The van der Waals surface area contributed by atoms with Gasteiger partial charge in [-0.15, -0.1) is 4.91 Å². The Morgan fingerprint density at radius 3 is 2.67 bits per heavy atom. The van der Waals surface area contributed by atoms with Crippen molar-refractivity contribution in [2.24, 2.45) is 5.18 Å². The number of carboxylic acid groups (broad SMARTS) is 1. The van der Waals surface area contributed by atoms with Crippen LogP contribution < -0.4 is 0 Å². The summed E-state index contributed by atoms with van der Waals surface area (Å²) in [6.45, 7) is 1.76. The molecule has 0 fully saturated rings. The predicted octanol–water partition coefficient (Wildman–Crippen LogP) is 2.09. The Labute approximate surface area is 68.8 Å². The molecule has 0 heterocycles. The number of nitroso groups, excluding NO2 is 1. The number of carboxylic acids is 1. The van der Waals surface area contributed by atoms with E-state index in [0.717, 1.165) is 5.56 Å². The molecule has 0 amide bonds. The van der Waals surface area contributed by atoms with Gasteiger partial charge in [0.25, 0.3) is 0 Å². The molecule has 0 aliphatic heterocycles. The Morgan fingerprint density at radius 2 is 2.17 bits per heavy atom. The van der Waals surface area contributed by atoms with Crippen molar-refractivity contribution in [1.82, 2.24) is 0 Å². The molecule has 0 spiro atoms. The van der Waals surface area contributed by atoms with E-state index < -0.39 is 5.97 Å². The van der Waals surface area contributed by atoms with Crippen molar-refractivity contribution in [3.05, 3.63) is 34.2 Å². The standard InChI is InChI=1S/C8H7NO3/c1-5-2-3-6(8(10)11)7(4-5)9-12/h2-4H,1H3,(H,10,11). The van der Waals surface area contributed by atoms with Crippen LogP contribution in [0.2, 0.25) is 0 Å². The van der Waals surface area contributed by atoms with E-state index >= 15 is 0 Å². The molecule has 1 aromatic rings. The van der Waals surface area contributed by atoms with Gasteiger partial charge < -0.3 is 5.11 Å². The third-order valence-electron chi connectivity index (χ3n) is 1.48. The summed E-state index contributed by atoms with van der Waals surface area (Å²) in [7, 11) is 0. The Bertz CT molecular complexity index is 333. The molecule has 0 saturated heterocycles. The van der Waals surface area contributed by atoms with Gasteiger partial charge in [-0.2, -0.15) is 0 Å². The molecule has 62 valence electrons. The van der Waals surface area contributed by atoms with Crippen LogP contribution in [0.4, 0.5) is 5.69 Å². The summed E-state index contributed by atoms with van der Waals surface area (Å²) >= 11 is 0. The van der Waals surface area contributed by atoms with Crippen LogP contribution in [0.1, 0.15) is 15.9 Å². The monoisotopic (exact) mass is 165 g/mol. The largest absolute Gasteiger partial charge is 0.478 e. The SMILES string of the molecule is Cc1ccc(C(=O)O)c(N=O)c1. The maximum atomic E-state index is 10.5. The lowest BCUT2D eigenvalue weighted by Crippen LogP contribution is -1.96. The molecule has 0 atom stereocenters. The normalized spacial score (nSPS) is 9.42. The van der Waals surface area contributed by atoms with Gasteiger partial charge in [0.15, 0.2) is 0 Å². The molecule has 0 radical (unpaired) electrons. The molecule has 4 heteroatoms. The third-order valence-corrected chi connectivity index (χ3v) is 1.48. The number of rotatable bonds is 2. The summed E-state index contributed by atoms with van der Waals surface area (Å²) in [5.74, 6) is -1.13. The molecule has 12 heavy (non-hydrogen) atoms. The molecule has 1 N–H and O–H groups in total. The predicted molar refractivity (Wildman–Crippen MR) is 43.6 cm³/mol. The molecule has 0 saturated carbocycles. The summed E-state index contributed by atoms with van der Waals surface area (Å²) in [6.07, 6.45) is 0. The van der Waals surface area contributed by atoms with Gasteiger partial charge in [-0.25, -0.2) is 4.79 Å². The second-order valence-corrected chi connectivity index (χ2v) is 2.42. The van der Waals surface area contributed by atoms with Gasteiger partial charge in [0.05, 0.1) is 5.56 Å². The first kappa shape index (κ1) is 8.39. The van der Waals surface area contributed by atoms with Crippen LogP contribution in [0.25, 0.3) is 0 Å². The number of nitrogens with zero attached hydrogens (tertiary/aromatic N) is 1. The van der Waals surface area contributed by atoms with Crippen LogP contribution in [-0.2, 0) is 0 Å². The van der Waals surface area contributed by atoms with Crippen molar-refractivity contribution in [3.8, 4) is 0 Å². The fraction of sp³-hybridized carbons (Fsp3) is 0.125. The van der Waals surface area contributed by atoms with E-state index in [1.54, 1.807) is 13.0 Å². The minimum absolute atomic E-state index is 0.0255. The van der Waals surface area contributed by atoms with Crippen molar-refractivity contribution in [2.45, 2.75) is 6.92 Å². The molecule has 0 unspecified atom stereocenters. The van der Waals surface area contributed by atoms with Crippen molar-refractivity contribution in [1.29, 1.82) is 0 Å². The number of hydrogen-bond donors (Lipinski definition) is 1. The maximum Gasteiger partial charge on any atom is 0.338 e. The Morgan fingerprint density at radius 1 is 1.50 bits per heavy atom. The molecule has 1 rings (SSSR count). The van der Waals surface area contributed by atoms with E-state index in [4.69, 9.17) is 5.11 Å². The Balaban J connectivity index is 3.29. The highest BCUT2D eigenvalue weighted by Crippen LogP contribution is 2.19. The molecule has 0 aliphatic rings. The van der Waals surface area contributed by atoms with Gasteiger partial charge in [-0.1, -0.05) is 6.07 Å². The van der Waals surface area contributed by atoms with Gasteiger partial charge in [0.1, 0.15) is 5.69 Å². The Kier molecular flexibility index (Phi) is 2.19. The lowest BCUT2D eigenvalue weighted by molar-refractivity contribution is 0.0698. The molecule has 1 aromatic carbocycles. The van der Waals surface area contributed by atoms with E-state index in [-0.39, 0.29) is 11.3 Å². The van der Waals surface area contributed by atoms with Gasteiger partial charge >= 0.3 is 5.97 Å². The summed E-state index contributed by atoms with van der Waals surface area (Å²) in [6, 6.07) is 4.43. The molecule has 0 aliphatic carbocycles. The summed E-state index contributed by atoms with van der Waals surface area (Å²) in [5, 5.41) is 11.2. The third kappa shape index (κ3) is 1.47. The van der Waals surface area contributed by atoms with Gasteiger partial charge in [-0.3, -0.25) is 0 Å². The van der Waals surface area contributed by atoms with Gasteiger partial charge in [-0.05, 0) is 29.8 Å². The van der Waals surface area contributed by atoms with Crippen LogP contribution in [0.5, 0.6) is 0 Å². The van der Waals surface area contributed by atoms with Crippen LogP contribution >= 0.6 is 0 Å². The highest BCUT2D eigenvalue weighted by Gasteiger charge is 2.09. The quantitative estimate of drug-likeness (QED) is 0.682. The first-order valence-electron chi connectivity index (χ1n) is 3.32. The second kappa shape index (κ2) is 3.13. The number of hydrogen-bond acceptors (Lipinski definition) is 3. The van der Waals surface area contributed by atoms with E-state index in [2.05, 4.69) is 5.18 Å². The average molecular weight is 165 g/mol. The van der Waals surface area contributed by atoms with Crippen LogP contribution in [-0.4, -0.2) is 11.1 Å². The smallest absolute Gasteiger partial charge is 0.338 e. The molecule has 0 aromatic heterocycles. The van der Waals surface area contributed by atoms with E-state index in [1.165, 1.54) is 12.1 Å². The summed E-state index contributed by atoms with van der Waals surface area (Å²) in [5.41, 5.74) is 0.729. The van der Waals surface area contributed by atoms with Crippen molar-refractivity contribution in [3.63, 3.8) is 0 Å².